The largest absolute Gasteiger partial charge is 0.436 e. The molecule has 3 nitrogen and oxygen atoms in total. The Morgan fingerprint density at radius 1 is 0.480 bits per heavy atom. The lowest BCUT2D eigenvalue weighted by Crippen LogP contribution is -1.88. The highest BCUT2D eigenvalue weighted by Gasteiger charge is 2.17. The van der Waals surface area contributed by atoms with Crippen LogP contribution in [0.15, 0.2) is 162 Å². The van der Waals surface area contributed by atoms with E-state index in [2.05, 4.69) is 152 Å². The first kappa shape index (κ1) is 27.6. The molecule has 3 heterocycles. The van der Waals surface area contributed by atoms with Gasteiger partial charge in [-0.2, -0.15) is 0 Å². The third-order valence-corrected chi connectivity index (χ3v) is 11.4. The maximum atomic E-state index is 6.35. The summed E-state index contributed by atoms with van der Waals surface area (Å²) in [5.41, 5.74) is 8.69. The molecule has 4 heteroatoms. The first-order chi connectivity index (χ1) is 24.8. The smallest absolute Gasteiger partial charge is 0.246 e. The summed E-state index contributed by atoms with van der Waals surface area (Å²) in [7, 11) is 0. The van der Waals surface area contributed by atoms with Gasteiger partial charge < -0.3 is 4.42 Å². The first-order valence-corrected chi connectivity index (χ1v) is 17.6. The van der Waals surface area contributed by atoms with E-state index < -0.39 is 0 Å². The van der Waals surface area contributed by atoms with Gasteiger partial charge in [0.15, 0.2) is 0 Å². The minimum atomic E-state index is 0.550. The van der Waals surface area contributed by atoms with Gasteiger partial charge in [0.2, 0.25) is 5.71 Å². The van der Waals surface area contributed by atoms with Gasteiger partial charge in [-0.3, -0.25) is 0 Å². The molecule has 11 aromatic rings. The number of thiophene rings is 1. The summed E-state index contributed by atoms with van der Waals surface area (Å²) in [4.78, 5) is 9.96. The fraction of sp³-hybridized carbons (Fsp3) is 0. The van der Waals surface area contributed by atoms with Crippen LogP contribution >= 0.6 is 11.3 Å². The number of rotatable bonds is 3. The summed E-state index contributed by atoms with van der Waals surface area (Å²) >= 11 is 1.87. The molecule has 0 aliphatic heterocycles. The van der Waals surface area contributed by atoms with Crippen LogP contribution in [0.1, 0.15) is 0 Å². The minimum absolute atomic E-state index is 0.550. The molecule has 0 spiro atoms. The lowest BCUT2D eigenvalue weighted by atomic mass is 9.95. The van der Waals surface area contributed by atoms with Gasteiger partial charge in [0.1, 0.15) is 11.1 Å². The van der Waals surface area contributed by atoms with Crippen molar-refractivity contribution in [1.29, 1.82) is 0 Å². The number of hydrogen-bond acceptors (Lipinski definition) is 4. The number of aromatic nitrogens is 2. The summed E-state index contributed by atoms with van der Waals surface area (Å²) in [5, 5.41) is 10.9. The highest BCUT2D eigenvalue weighted by Crippen LogP contribution is 2.41. The van der Waals surface area contributed by atoms with E-state index in [-0.39, 0.29) is 0 Å². The van der Waals surface area contributed by atoms with E-state index in [9.17, 15) is 0 Å². The first-order valence-electron chi connectivity index (χ1n) is 16.8. The van der Waals surface area contributed by atoms with Gasteiger partial charge in [-0.05, 0) is 72.8 Å². The molecule has 0 saturated carbocycles. The quantitative estimate of drug-likeness (QED) is 0.178. The summed E-state index contributed by atoms with van der Waals surface area (Å²) in [6, 6.07) is 54.3. The van der Waals surface area contributed by atoms with Crippen molar-refractivity contribution in [1.82, 2.24) is 9.97 Å². The summed E-state index contributed by atoms with van der Waals surface area (Å²) in [5.74, 6) is 0. The molecule has 0 aliphatic carbocycles. The molecule has 0 saturated heterocycles. The Morgan fingerprint density at radius 2 is 1.18 bits per heavy atom. The van der Waals surface area contributed by atoms with E-state index in [1.807, 2.05) is 17.5 Å². The highest BCUT2D eigenvalue weighted by molar-refractivity contribution is 7.26. The van der Waals surface area contributed by atoms with Crippen LogP contribution in [0.25, 0.3) is 108 Å². The lowest BCUT2D eigenvalue weighted by Gasteiger charge is -2.08. The number of nitrogens with zero attached hydrogens (tertiary/aromatic N) is 2. The molecule has 8 aromatic carbocycles. The number of benzene rings is 8. The predicted molar refractivity (Wildman–Crippen MR) is 211 cm³/mol. The summed E-state index contributed by atoms with van der Waals surface area (Å²) in [6.45, 7) is 0. The fourth-order valence-electron chi connectivity index (χ4n) is 7.75. The molecule has 3 aromatic heterocycles. The highest BCUT2D eigenvalue weighted by atomic mass is 32.1. The van der Waals surface area contributed by atoms with Gasteiger partial charge in [-0.25, -0.2) is 9.97 Å². The van der Waals surface area contributed by atoms with Crippen molar-refractivity contribution in [3.8, 4) is 33.5 Å². The maximum Gasteiger partial charge on any atom is 0.246 e. The second kappa shape index (κ2) is 10.6. The second-order valence-corrected chi connectivity index (χ2v) is 14.0. The van der Waals surface area contributed by atoms with Crippen molar-refractivity contribution in [3.05, 3.63) is 158 Å². The molecule has 0 atom stereocenters. The number of hydrogen-bond donors (Lipinski definition) is 0. The lowest BCUT2D eigenvalue weighted by molar-refractivity contribution is 0.654. The van der Waals surface area contributed by atoms with E-state index in [0.29, 0.717) is 5.71 Å². The Balaban J connectivity index is 0.965. The molecule has 0 unspecified atom stereocenters. The Bertz CT molecular complexity index is 3150. The van der Waals surface area contributed by atoms with Gasteiger partial charge in [-0.15, -0.1) is 11.3 Å². The third-order valence-electron chi connectivity index (χ3n) is 10.2. The molecule has 50 heavy (non-hydrogen) atoms. The van der Waals surface area contributed by atoms with Crippen LogP contribution in [0, 0.1) is 0 Å². The van der Waals surface area contributed by atoms with E-state index in [4.69, 9.17) is 14.4 Å². The van der Waals surface area contributed by atoms with Gasteiger partial charge in [0.25, 0.3) is 0 Å². The van der Waals surface area contributed by atoms with Crippen LogP contribution in [-0.4, -0.2) is 9.97 Å². The summed E-state index contributed by atoms with van der Waals surface area (Å²) in [6.07, 6.45) is 1.87. The summed E-state index contributed by atoms with van der Waals surface area (Å²) < 4.78 is 9.01. The van der Waals surface area contributed by atoms with Crippen molar-refractivity contribution in [2.24, 2.45) is 0 Å². The second-order valence-electron chi connectivity index (χ2n) is 12.9. The standard InChI is InChI=1S/C46H26N2OS/c1-2-10-32-28(7-1)19-20-35-34(32)21-22-38-36(35)23-24-41-43(38)44-46(49-41)48-40(26-47-44)31-9-5-8-30(25-31)27-15-17-29(18-16-27)33-12-6-13-39-37-11-3-4-14-42(37)50-45(33)39/h1-26H. The van der Waals surface area contributed by atoms with Crippen LogP contribution in [-0.2, 0) is 0 Å². The van der Waals surface area contributed by atoms with Gasteiger partial charge in [0, 0.05) is 25.7 Å². The number of fused-ring (bicyclic) bond motifs is 12. The van der Waals surface area contributed by atoms with Crippen LogP contribution in [0.3, 0.4) is 0 Å². The van der Waals surface area contributed by atoms with Gasteiger partial charge in [0.05, 0.1) is 17.3 Å². The van der Waals surface area contributed by atoms with E-state index >= 15 is 0 Å². The van der Waals surface area contributed by atoms with Gasteiger partial charge >= 0.3 is 0 Å². The van der Waals surface area contributed by atoms with Crippen molar-refractivity contribution >= 4 is 86.0 Å². The maximum absolute atomic E-state index is 6.35. The molecular formula is C46H26N2OS. The average molecular weight is 655 g/mol. The van der Waals surface area contributed by atoms with E-state index in [1.165, 1.54) is 58.2 Å². The molecule has 0 radical (unpaired) electrons. The topological polar surface area (TPSA) is 38.9 Å². The van der Waals surface area contributed by atoms with Crippen LogP contribution in [0.4, 0.5) is 0 Å². The molecular weight excluding hydrogens is 629 g/mol. The van der Waals surface area contributed by atoms with Crippen molar-refractivity contribution < 1.29 is 4.42 Å². The average Bonchev–Trinajstić information content (AvgIpc) is 3.76. The van der Waals surface area contributed by atoms with Crippen molar-refractivity contribution in [3.63, 3.8) is 0 Å². The zero-order chi connectivity index (χ0) is 32.8. The Morgan fingerprint density at radius 3 is 2.12 bits per heavy atom. The molecule has 0 bridgehead atoms. The monoisotopic (exact) mass is 654 g/mol. The number of furan rings is 1. The Labute approximate surface area is 290 Å². The minimum Gasteiger partial charge on any atom is -0.436 e. The molecule has 0 aliphatic rings. The van der Waals surface area contributed by atoms with Crippen LogP contribution < -0.4 is 0 Å². The third kappa shape index (κ3) is 4.09. The zero-order valence-corrected chi connectivity index (χ0v) is 27.5. The fourth-order valence-corrected chi connectivity index (χ4v) is 8.98. The SMILES string of the molecule is c1cc(-c2ccc(-c3cccc4c3sc3ccccc34)cc2)cc(-c2cnc3c(n2)oc2ccc4c5ccc6ccccc6c5ccc4c23)c1. The van der Waals surface area contributed by atoms with Crippen LogP contribution in [0.2, 0.25) is 0 Å². The Kier molecular flexibility index (Phi) is 5.83. The molecule has 0 fully saturated rings. The zero-order valence-electron chi connectivity index (χ0n) is 26.7. The molecule has 11 rings (SSSR count). The normalized spacial score (nSPS) is 12.0. The van der Waals surface area contributed by atoms with E-state index in [0.717, 1.165) is 44.3 Å². The van der Waals surface area contributed by atoms with E-state index in [1.54, 1.807) is 0 Å². The molecule has 232 valence electrons. The molecule has 0 amide bonds. The van der Waals surface area contributed by atoms with Crippen molar-refractivity contribution in [2.75, 3.05) is 0 Å². The Hall–Kier alpha value is -6.36. The van der Waals surface area contributed by atoms with Crippen molar-refractivity contribution in [2.45, 2.75) is 0 Å². The van der Waals surface area contributed by atoms with Gasteiger partial charge in [-0.1, -0.05) is 133 Å². The predicted octanol–water partition coefficient (Wildman–Crippen LogP) is 13.2. The molecule has 0 N–H and O–H groups in total. The van der Waals surface area contributed by atoms with Crippen LogP contribution in [0.5, 0.6) is 0 Å².